The molecule has 5 nitrogen and oxygen atoms in total. The van der Waals surface area contributed by atoms with Crippen LogP contribution in [0.2, 0.25) is 5.02 Å². The van der Waals surface area contributed by atoms with Crippen molar-refractivity contribution in [1.29, 1.82) is 0 Å². The van der Waals surface area contributed by atoms with Gasteiger partial charge in [0.25, 0.3) is 5.56 Å². The molecule has 0 saturated carbocycles. The minimum atomic E-state index is -0.443. The van der Waals surface area contributed by atoms with E-state index in [0.29, 0.717) is 6.61 Å². The molecule has 2 rings (SSSR count). The van der Waals surface area contributed by atoms with E-state index in [2.05, 4.69) is 27.7 Å². The Hall–Kier alpha value is -1.72. The van der Waals surface area contributed by atoms with Crippen molar-refractivity contribution in [2.24, 2.45) is 0 Å². The molecule has 8 heteroatoms. The van der Waals surface area contributed by atoms with Crippen molar-refractivity contribution in [2.45, 2.75) is 51.7 Å². The first-order valence-electron chi connectivity index (χ1n) is 9.20. The van der Waals surface area contributed by atoms with Crippen molar-refractivity contribution < 1.29 is 9.47 Å². The molecule has 1 heterocycles. The molecule has 0 saturated heterocycles. The summed E-state index contributed by atoms with van der Waals surface area (Å²) in [4.78, 5) is 12.4. The third-order valence-electron chi connectivity index (χ3n) is 4.23. The lowest BCUT2D eigenvalue weighted by molar-refractivity contribution is 0.0762. The molecule has 0 atom stereocenters. The number of hydrogen-bond donors (Lipinski definition) is 0. The molecule has 0 bridgehead atoms. The van der Waals surface area contributed by atoms with Gasteiger partial charge in [-0.2, -0.15) is 5.10 Å². The molecular weight excluding hydrogens is 361 g/mol. The Morgan fingerprint density at radius 2 is 1.81 bits per heavy atom. The molecule has 27 heavy (non-hydrogen) atoms. The molecule has 0 radical (unpaired) electrons. The third kappa shape index (κ3) is 5.39. The second kappa shape index (κ2) is 8.53. The molecule has 2 aromatic rings. The summed E-state index contributed by atoms with van der Waals surface area (Å²) in [5, 5.41) is 3.89. The van der Waals surface area contributed by atoms with Crippen LogP contribution >= 0.6 is 11.6 Å². The van der Waals surface area contributed by atoms with Crippen LogP contribution in [0, 0.1) is 0 Å². The first-order chi connectivity index (χ1) is 12.6. The summed E-state index contributed by atoms with van der Waals surface area (Å²) in [6.07, 6.45) is 2.48. The predicted octanol–water partition coefficient (Wildman–Crippen LogP) is 2.03. The lowest BCUT2D eigenvalue weighted by Gasteiger charge is -2.26. The maximum atomic E-state index is 12.4. The Morgan fingerprint density at radius 1 is 1.19 bits per heavy atom. The molecule has 0 fully saturated rings. The second-order valence-corrected chi connectivity index (χ2v) is 8.43. The van der Waals surface area contributed by atoms with Crippen molar-refractivity contribution in [1.82, 2.24) is 9.78 Å². The third-order valence-corrected chi connectivity index (χ3v) is 4.58. The van der Waals surface area contributed by atoms with Gasteiger partial charge in [0.1, 0.15) is 22.3 Å². The summed E-state index contributed by atoms with van der Waals surface area (Å²) in [6, 6.07) is 8.05. The fourth-order valence-electron chi connectivity index (χ4n) is 2.60. The van der Waals surface area contributed by atoms with Gasteiger partial charge < -0.3 is 9.47 Å². The molecular formula is C19H27B2ClN2O3. The molecule has 0 spiro atoms. The van der Waals surface area contributed by atoms with Crippen LogP contribution in [0.5, 0.6) is 5.75 Å². The van der Waals surface area contributed by atoms with E-state index in [1.165, 1.54) is 10.9 Å². The first-order valence-corrected chi connectivity index (χ1v) is 9.58. The van der Waals surface area contributed by atoms with E-state index >= 15 is 0 Å². The van der Waals surface area contributed by atoms with Crippen LogP contribution in [0.1, 0.15) is 45.2 Å². The maximum absolute atomic E-state index is 12.4. The van der Waals surface area contributed by atoms with Crippen molar-refractivity contribution in [3.63, 3.8) is 0 Å². The minimum absolute atomic E-state index is 0.0469. The summed E-state index contributed by atoms with van der Waals surface area (Å²) in [5.74, 6) is 0.290. The fourth-order valence-corrected chi connectivity index (χ4v) is 2.78. The van der Waals surface area contributed by atoms with Crippen LogP contribution in [-0.4, -0.2) is 32.1 Å². The van der Waals surface area contributed by atoms with Gasteiger partial charge in [0, 0.05) is 12.0 Å². The van der Waals surface area contributed by atoms with Gasteiger partial charge in [-0.05, 0) is 38.3 Å². The van der Waals surface area contributed by atoms with Gasteiger partial charge in [-0.3, -0.25) is 4.79 Å². The monoisotopic (exact) mass is 388 g/mol. The molecule has 1 aromatic heterocycles. The van der Waals surface area contributed by atoms with Crippen LogP contribution in [0.25, 0.3) is 0 Å². The highest BCUT2D eigenvalue weighted by atomic mass is 35.5. The van der Waals surface area contributed by atoms with Crippen LogP contribution in [0.3, 0.4) is 0 Å². The lowest BCUT2D eigenvalue weighted by Crippen LogP contribution is -2.36. The van der Waals surface area contributed by atoms with Crippen molar-refractivity contribution >= 4 is 27.3 Å². The normalized spacial score (nSPS) is 12.2. The summed E-state index contributed by atoms with van der Waals surface area (Å²) >= 11 is 6.19. The largest absolute Gasteiger partial charge is 0.485 e. The molecule has 0 amide bonds. The average molecular weight is 389 g/mol. The number of halogens is 1. The summed E-state index contributed by atoms with van der Waals surface area (Å²) in [7, 11) is 4.12. The molecule has 0 aliphatic rings. The van der Waals surface area contributed by atoms with Gasteiger partial charge in [-0.15, -0.1) is 0 Å². The Kier molecular flexibility index (Phi) is 6.82. The summed E-state index contributed by atoms with van der Waals surface area (Å²) in [5.41, 5.74) is 1.28. The van der Waals surface area contributed by atoms with E-state index in [9.17, 15) is 4.79 Å². The van der Waals surface area contributed by atoms with Crippen LogP contribution in [0.15, 0.2) is 35.3 Å². The van der Waals surface area contributed by atoms with Gasteiger partial charge in [0.2, 0.25) is 0 Å². The van der Waals surface area contributed by atoms with E-state index in [4.69, 9.17) is 21.1 Å². The van der Waals surface area contributed by atoms with E-state index in [0.717, 1.165) is 24.2 Å². The van der Waals surface area contributed by atoms with E-state index in [1.54, 1.807) is 0 Å². The van der Waals surface area contributed by atoms with E-state index in [-0.39, 0.29) is 21.7 Å². The molecule has 0 aliphatic heterocycles. The van der Waals surface area contributed by atoms with Crippen LogP contribution in [-0.2, 0) is 22.3 Å². The van der Waals surface area contributed by atoms with Crippen molar-refractivity contribution in [3.05, 3.63) is 57.0 Å². The molecule has 1 aromatic carbocycles. The van der Waals surface area contributed by atoms with Crippen LogP contribution < -0.4 is 10.3 Å². The number of nitrogens with zero attached hydrogens (tertiary/aromatic N) is 2. The fraction of sp³-hybridized carbons (Fsp3) is 0.474. The Labute approximate surface area is 167 Å². The Bertz CT molecular complexity index is 830. The first kappa shape index (κ1) is 21.6. The van der Waals surface area contributed by atoms with Crippen molar-refractivity contribution in [3.8, 4) is 5.75 Å². The summed E-state index contributed by atoms with van der Waals surface area (Å²) < 4.78 is 13.0. The molecule has 0 N–H and O–H groups in total. The zero-order valence-corrected chi connectivity index (χ0v) is 17.8. The van der Waals surface area contributed by atoms with Crippen LogP contribution in [0.4, 0.5) is 0 Å². The Balaban J connectivity index is 2.09. The number of aromatic nitrogens is 2. The van der Waals surface area contributed by atoms with E-state index in [1.807, 2.05) is 45.0 Å². The van der Waals surface area contributed by atoms with Gasteiger partial charge in [0.15, 0.2) is 10.8 Å². The Morgan fingerprint density at radius 3 is 2.37 bits per heavy atom. The topological polar surface area (TPSA) is 53.4 Å². The number of rotatable bonds is 7. The predicted molar refractivity (Wildman–Crippen MR) is 114 cm³/mol. The number of benzene rings is 1. The maximum Gasteiger partial charge on any atom is 0.289 e. The molecule has 144 valence electrons. The van der Waals surface area contributed by atoms with Gasteiger partial charge in [-0.1, -0.05) is 42.8 Å². The number of hydrogen-bond acceptors (Lipinski definition) is 4. The highest BCUT2D eigenvalue weighted by Crippen LogP contribution is 2.23. The second-order valence-electron chi connectivity index (χ2n) is 8.05. The highest BCUT2D eigenvalue weighted by molar-refractivity contribution is 6.38. The van der Waals surface area contributed by atoms with Crippen molar-refractivity contribution in [2.75, 3.05) is 6.61 Å². The highest BCUT2D eigenvalue weighted by Gasteiger charge is 2.21. The van der Waals surface area contributed by atoms with Gasteiger partial charge in [0.05, 0.1) is 11.7 Å². The van der Waals surface area contributed by atoms with Gasteiger partial charge in [-0.25, -0.2) is 4.68 Å². The number of ether oxygens (including phenoxy) is 2. The smallest absolute Gasteiger partial charge is 0.289 e. The molecule has 0 unspecified atom stereocenters. The minimum Gasteiger partial charge on any atom is -0.485 e. The standard InChI is InChI=1S/C19H27B2ClN2O3/c1-5-10-27-19(20,21)14-8-6-13(7-9-14)12-26-15-11-23-24(18(2,3)4)17(25)16(15)22/h6-9,11H,5,10,12,20-21H2,1-4H3. The van der Waals surface area contributed by atoms with E-state index < -0.39 is 5.54 Å². The lowest BCUT2D eigenvalue weighted by atomic mass is 9.61. The summed E-state index contributed by atoms with van der Waals surface area (Å²) in [6.45, 7) is 8.80. The zero-order chi connectivity index (χ0) is 20.2. The van der Waals surface area contributed by atoms with Gasteiger partial charge >= 0.3 is 0 Å². The quantitative estimate of drug-likeness (QED) is 0.681. The molecule has 0 aliphatic carbocycles. The SMILES string of the molecule is BC(B)(OCCC)c1ccc(COc2cnn(C(C)(C)C)c(=O)c2Cl)cc1. The average Bonchev–Trinajstić information content (AvgIpc) is 2.60. The zero-order valence-electron chi connectivity index (χ0n) is 17.0.